The molecule has 1 saturated heterocycles. The number of ether oxygens (including phenoxy) is 2. The minimum absolute atomic E-state index is 0.0954. The molecule has 7 nitrogen and oxygen atoms in total. The SMILES string of the molecule is O=Cc1ccc2n1C[C@@]1(OC2)O[C@H](CO)[C@@H](O)[C@H]1O. The summed E-state index contributed by atoms with van der Waals surface area (Å²) in [6.45, 7) is -0.156. The van der Waals surface area contributed by atoms with Gasteiger partial charge in [0.2, 0.25) is 5.79 Å². The van der Waals surface area contributed by atoms with Crippen molar-refractivity contribution in [3.05, 3.63) is 23.5 Å². The Balaban J connectivity index is 1.94. The van der Waals surface area contributed by atoms with Crippen LogP contribution in [0, 0.1) is 0 Å². The molecule has 0 bridgehead atoms. The predicted octanol–water partition coefficient (Wildman–Crippen LogP) is -1.36. The van der Waals surface area contributed by atoms with Crippen LogP contribution in [0.4, 0.5) is 0 Å². The molecule has 2 aliphatic rings. The van der Waals surface area contributed by atoms with E-state index in [9.17, 15) is 15.0 Å². The summed E-state index contributed by atoms with van der Waals surface area (Å²) in [5.74, 6) is -1.42. The van der Waals surface area contributed by atoms with E-state index in [1.165, 1.54) is 0 Å². The maximum absolute atomic E-state index is 11.0. The Kier molecular flexibility index (Phi) is 2.95. The fraction of sp³-hybridized carbons (Fsp3) is 0.583. The van der Waals surface area contributed by atoms with Gasteiger partial charge in [0.15, 0.2) is 6.29 Å². The van der Waals surface area contributed by atoms with Crippen molar-refractivity contribution in [2.45, 2.75) is 37.3 Å². The summed E-state index contributed by atoms with van der Waals surface area (Å²) >= 11 is 0. The number of hydrogen-bond donors (Lipinski definition) is 3. The molecule has 3 heterocycles. The Morgan fingerprint density at radius 2 is 2.26 bits per heavy atom. The molecule has 1 aromatic heterocycles. The first kappa shape index (κ1) is 12.8. The van der Waals surface area contributed by atoms with Crippen LogP contribution in [-0.2, 0) is 22.6 Å². The van der Waals surface area contributed by atoms with Crippen LogP contribution in [0.15, 0.2) is 12.1 Å². The maximum Gasteiger partial charge on any atom is 0.216 e. The molecule has 104 valence electrons. The second kappa shape index (κ2) is 4.39. The first-order chi connectivity index (χ1) is 9.11. The second-order valence-corrected chi connectivity index (χ2v) is 4.83. The largest absolute Gasteiger partial charge is 0.394 e. The second-order valence-electron chi connectivity index (χ2n) is 4.83. The molecule has 7 heteroatoms. The van der Waals surface area contributed by atoms with E-state index < -0.39 is 30.7 Å². The lowest BCUT2D eigenvalue weighted by Gasteiger charge is -2.37. The van der Waals surface area contributed by atoms with Gasteiger partial charge < -0.3 is 29.4 Å². The fourth-order valence-corrected chi connectivity index (χ4v) is 2.67. The van der Waals surface area contributed by atoms with Gasteiger partial charge in [0.05, 0.1) is 25.5 Å². The topological polar surface area (TPSA) is 101 Å². The Morgan fingerprint density at radius 1 is 1.47 bits per heavy atom. The minimum atomic E-state index is -1.42. The first-order valence-corrected chi connectivity index (χ1v) is 6.03. The average molecular weight is 269 g/mol. The number of aliphatic hydroxyl groups excluding tert-OH is 3. The van der Waals surface area contributed by atoms with Crippen molar-refractivity contribution in [1.82, 2.24) is 4.57 Å². The maximum atomic E-state index is 11.0. The summed E-state index contributed by atoms with van der Waals surface area (Å²) < 4.78 is 12.7. The summed E-state index contributed by atoms with van der Waals surface area (Å²) in [4.78, 5) is 11.0. The predicted molar refractivity (Wildman–Crippen MR) is 61.3 cm³/mol. The van der Waals surface area contributed by atoms with Crippen molar-refractivity contribution in [2.75, 3.05) is 6.61 Å². The molecule has 0 unspecified atom stereocenters. The number of aromatic nitrogens is 1. The highest BCUT2D eigenvalue weighted by atomic mass is 16.7. The van der Waals surface area contributed by atoms with E-state index >= 15 is 0 Å². The van der Waals surface area contributed by atoms with E-state index in [1.807, 2.05) is 0 Å². The molecule has 1 spiro atoms. The van der Waals surface area contributed by atoms with Crippen LogP contribution in [0.1, 0.15) is 16.2 Å². The van der Waals surface area contributed by atoms with Gasteiger partial charge in [-0.05, 0) is 12.1 Å². The molecule has 1 aromatic rings. The standard InChI is InChI=1S/C12H15NO6/c14-3-7-1-2-8-5-18-12(6-13(7)8)11(17)10(16)9(4-15)19-12/h1-3,9-11,15-17H,4-6H2/t9-,10-,11-,12-/m1/s1. The van der Waals surface area contributed by atoms with Crippen molar-refractivity contribution < 1.29 is 29.6 Å². The van der Waals surface area contributed by atoms with Gasteiger partial charge in [-0.3, -0.25) is 4.79 Å². The van der Waals surface area contributed by atoms with E-state index in [-0.39, 0.29) is 13.2 Å². The van der Waals surface area contributed by atoms with Gasteiger partial charge in [-0.25, -0.2) is 0 Å². The smallest absolute Gasteiger partial charge is 0.216 e. The summed E-state index contributed by atoms with van der Waals surface area (Å²) in [6, 6.07) is 3.42. The van der Waals surface area contributed by atoms with Gasteiger partial charge in [-0.2, -0.15) is 0 Å². The highest BCUT2D eigenvalue weighted by Gasteiger charge is 2.56. The fourth-order valence-electron chi connectivity index (χ4n) is 2.67. The lowest BCUT2D eigenvalue weighted by Crippen LogP contribution is -2.51. The van der Waals surface area contributed by atoms with Crippen molar-refractivity contribution >= 4 is 6.29 Å². The minimum Gasteiger partial charge on any atom is -0.394 e. The molecular formula is C12H15NO6. The average Bonchev–Trinajstić information content (AvgIpc) is 2.93. The van der Waals surface area contributed by atoms with Crippen LogP contribution >= 0.6 is 0 Å². The Labute approximate surface area is 109 Å². The molecule has 0 radical (unpaired) electrons. The third-order valence-electron chi connectivity index (χ3n) is 3.75. The molecule has 3 N–H and O–H groups in total. The third kappa shape index (κ3) is 1.74. The number of nitrogens with zero attached hydrogens (tertiary/aromatic N) is 1. The highest BCUT2D eigenvalue weighted by molar-refractivity contribution is 5.72. The first-order valence-electron chi connectivity index (χ1n) is 6.03. The molecule has 19 heavy (non-hydrogen) atoms. The molecule has 0 amide bonds. The number of rotatable bonds is 2. The van der Waals surface area contributed by atoms with Gasteiger partial charge in [-0.1, -0.05) is 0 Å². The number of hydrogen-bond acceptors (Lipinski definition) is 6. The monoisotopic (exact) mass is 269 g/mol. The number of fused-ring (bicyclic) bond motifs is 1. The molecule has 2 aliphatic heterocycles. The number of carbonyl (C=O) groups excluding carboxylic acids is 1. The Hall–Kier alpha value is -1.25. The van der Waals surface area contributed by atoms with Crippen LogP contribution in [0.3, 0.4) is 0 Å². The molecule has 0 saturated carbocycles. The summed E-state index contributed by atoms with van der Waals surface area (Å²) in [5.41, 5.74) is 1.25. The zero-order valence-electron chi connectivity index (χ0n) is 10.1. The number of carbonyl (C=O) groups is 1. The molecule has 3 rings (SSSR count). The lowest BCUT2D eigenvalue weighted by atomic mass is 10.0. The number of aldehydes is 1. The number of aliphatic hydroxyl groups is 3. The van der Waals surface area contributed by atoms with Crippen molar-refractivity contribution in [3.63, 3.8) is 0 Å². The van der Waals surface area contributed by atoms with Gasteiger partial charge >= 0.3 is 0 Å². The zero-order valence-corrected chi connectivity index (χ0v) is 10.1. The third-order valence-corrected chi connectivity index (χ3v) is 3.75. The van der Waals surface area contributed by atoms with Crippen LogP contribution in [0.5, 0.6) is 0 Å². The van der Waals surface area contributed by atoms with Crippen molar-refractivity contribution in [1.29, 1.82) is 0 Å². The van der Waals surface area contributed by atoms with E-state index in [0.29, 0.717) is 12.0 Å². The molecule has 4 atom stereocenters. The molecule has 0 aromatic carbocycles. The highest BCUT2D eigenvalue weighted by Crippen LogP contribution is 2.38. The Morgan fingerprint density at radius 3 is 2.89 bits per heavy atom. The zero-order chi connectivity index (χ0) is 13.6. The quantitative estimate of drug-likeness (QED) is 0.573. The van der Waals surface area contributed by atoms with Crippen molar-refractivity contribution in [3.8, 4) is 0 Å². The van der Waals surface area contributed by atoms with Crippen LogP contribution in [0.2, 0.25) is 0 Å². The van der Waals surface area contributed by atoms with Crippen molar-refractivity contribution in [2.24, 2.45) is 0 Å². The van der Waals surface area contributed by atoms with Gasteiger partial charge in [0, 0.05) is 5.69 Å². The van der Waals surface area contributed by atoms with E-state index in [0.717, 1.165) is 5.69 Å². The van der Waals surface area contributed by atoms with E-state index in [2.05, 4.69) is 0 Å². The lowest BCUT2D eigenvalue weighted by molar-refractivity contribution is -0.283. The molecule has 0 aliphatic carbocycles. The van der Waals surface area contributed by atoms with Gasteiger partial charge in [0.1, 0.15) is 18.3 Å². The summed E-state index contributed by atoms with van der Waals surface area (Å²) in [7, 11) is 0. The Bertz CT molecular complexity index is 500. The molecular weight excluding hydrogens is 254 g/mol. The van der Waals surface area contributed by atoms with Crippen LogP contribution in [0.25, 0.3) is 0 Å². The van der Waals surface area contributed by atoms with E-state index in [4.69, 9.17) is 14.6 Å². The van der Waals surface area contributed by atoms with Gasteiger partial charge in [0.25, 0.3) is 0 Å². The normalized spacial score (nSPS) is 37.5. The van der Waals surface area contributed by atoms with Gasteiger partial charge in [-0.15, -0.1) is 0 Å². The van der Waals surface area contributed by atoms with Crippen LogP contribution in [-0.4, -0.2) is 56.9 Å². The summed E-state index contributed by atoms with van der Waals surface area (Å²) in [6.07, 6.45) is -2.68. The molecule has 1 fully saturated rings. The summed E-state index contributed by atoms with van der Waals surface area (Å²) in [5, 5.41) is 29.0. The van der Waals surface area contributed by atoms with E-state index in [1.54, 1.807) is 16.7 Å². The van der Waals surface area contributed by atoms with Crippen LogP contribution < -0.4 is 0 Å².